The van der Waals surface area contributed by atoms with Gasteiger partial charge in [-0.15, -0.1) is 0 Å². The molecule has 14 heavy (non-hydrogen) atoms. The summed E-state index contributed by atoms with van der Waals surface area (Å²) in [5.41, 5.74) is -0.420. The Labute approximate surface area is 94.9 Å². The van der Waals surface area contributed by atoms with Gasteiger partial charge < -0.3 is 4.74 Å². The number of hydrogen-bond acceptors (Lipinski definition) is 2. The number of carbonyl (C=O) groups excluding carboxylic acids is 1. The highest BCUT2D eigenvalue weighted by molar-refractivity contribution is 6.58. The minimum atomic E-state index is -1.33. The molecule has 2 nitrogen and oxygen atoms in total. The average Bonchev–Trinajstić information content (AvgIpc) is 2.35. The first-order valence-electron chi connectivity index (χ1n) is 5.07. The SMILES string of the molecule is CCCCC1(CC)CC(Cl)(Cl)C(=O)O1. The van der Waals surface area contributed by atoms with Crippen molar-refractivity contribution in [2.24, 2.45) is 0 Å². The average molecular weight is 239 g/mol. The second kappa shape index (κ2) is 4.28. The Bertz CT molecular complexity index is 228. The lowest BCUT2D eigenvalue weighted by atomic mass is 9.90. The highest BCUT2D eigenvalue weighted by atomic mass is 35.5. The molecule has 1 rings (SSSR count). The normalized spacial score (nSPS) is 30.4. The van der Waals surface area contributed by atoms with E-state index in [1.54, 1.807) is 0 Å². The summed E-state index contributed by atoms with van der Waals surface area (Å²) in [6.45, 7) is 4.10. The van der Waals surface area contributed by atoms with Gasteiger partial charge in [-0.1, -0.05) is 43.5 Å². The van der Waals surface area contributed by atoms with Crippen LogP contribution in [-0.4, -0.2) is 15.9 Å². The molecule has 0 spiro atoms. The first-order valence-corrected chi connectivity index (χ1v) is 5.82. The molecule has 0 aromatic rings. The molecule has 0 aliphatic carbocycles. The highest BCUT2D eigenvalue weighted by Crippen LogP contribution is 2.45. The molecule has 1 aliphatic rings. The van der Waals surface area contributed by atoms with E-state index in [0.29, 0.717) is 6.42 Å². The Morgan fingerprint density at radius 1 is 1.43 bits per heavy atom. The van der Waals surface area contributed by atoms with Crippen LogP contribution in [0.3, 0.4) is 0 Å². The maximum absolute atomic E-state index is 11.3. The summed E-state index contributed by atoms with van der Waals surface area (Å²) >= 11 is 11.7. The van der Waals surface area contributed by atoms with Crippen molar-refractivity contribution in [2.75, 3.05) is 0 Å². The second-order valence-corrected chi connectivity index (χ2v) is 5.39. The third-order valence-electron chi connectivity index (χ3n) is 2.78. The van der Waals surface area contributed by atoms with E-state index in [9.17, 15) is 4.79 Å². The minimum absolute atomic E-state index is 0.415. The zero-order valence-electron chi connectivity index (χ0n) is 8.61. The van der Waals surface area contributed by atoms with Crippen LogP contribution in [-0.2, 0) is 9.53 Å². The van der Waals surface area contributed by atoms with Gasteiger partial charge in [0.1, 0.15) is 5.60 Å². The van der Waals surface area contributed by atoms with Gasteiger partial charge in [-0.3, -0.25) is 0 Å². The molecule has 0 radical (unpaired) electrons. The fourth-order valence-electron chi connectivity index (χ4n) is 1.80. The summed E-state index contributed by atoms with van der Waals surface area (Å²) in [7, 11) is 0. The molecule has 1 heterocycles. The van der Waals surface area contributed by atoms with Gasteiger partial charge in [-0.05, 0) is 19.3 Å². The van der Waals surface area contributed by atoms with Crippen molar-refractivity contribution in [2.45, 2.75) is 55.9 Å². The quantitative estimate of drug-likeness (QED) is 0.554. The van der Waals surface area contributed by atoms with Crippen molar-refractivity contribution in [3.63, 3.8) is 0 Å². The fraction of sp³-hybridized carbons (Fsp3) is 0.900. The molecule has 1 saturated heterocycles. The van der Waals surface area contributed by atoms with Crippen molar-refractivity contribution in [3.8, 4) is 0 Å². The van der Waals surface area contributed by atoms with Crippen molar-refractivity contribution >= 4 is 29.2 Å². The summed E-state index contributed by atoms with van der Waals surface area (Å²) in [4.78, 5) is 11.3. The highest BCUT2D eigenvalue weighted by Gasteiger charge is 2.53. The molecule has 1 fully saturated rings. The van der Waals surface area contributed by atoms with E-state index in [2.05, 4.69) is 6.92 Å². The van der Waals surface area contributed by atoms with Gasteiger partial charge in [-0.2, -0.15) is 0 Å². The molecule has 0 aromatic carbocycles. The van der Waals surface area contributed by atoms with Crippen molar-refractivity contribution < 1.29 is 9.53 Å². The van der Waals surface area contributed by atoms with Gasteiger partial charge in [0.25, 0.3) is 0 Å². The molecule has 4 heteroatoms. The van der Waals surface area contributed by atoms with E-state index in [-0.39, 0.29) is 0 Å². The fourth-order valence-corrected chi connectivity index (χ4v) is 2.36. The number of esters is 1. The second-order valence-electron chi connectivity index (χ2n) is 3.91. The summed E-state index contributed by atoms with van der Waals surface area (Å²) < 4.78 is 3.98. The first-order chi connectivity index (χ1) is 6.46. The summed E-state index contributed by atoms with van der Waals surface area (Å²) in [6.07, 6.45) is 4.16. The van der Waals surface area contributed by atoms with Crippen LogP contribution in [0.1, 0.15) is 46.0 Å². The summed E-state index contributed by atoms with van der Waals surface area (Å²) in [5, 5.41) is 0. The Kier molecular flexibility index (Phi) is 3.70. The van der Waals surface area contributed by atoms with Gasteiger partial charge in [0.15, 0.2) is 0 Å². The molecular weight excluding hydrogens is 223 g/mol. The maximum atomic E-state index is 11.3. The number of alkyl halides is 2. The summed E-state index contributed by atoms with van der Waals surface area (Å²) in [6, 6.07) is 0. The molecule has 1 aliphatic heterocycles. The van der Waals surface area contributed by atoms with Gasteiger partial charge >= 0.3 is 5.97 Å². The maximum Gasteiger partial charge on any atom is 0.343 e. The van der Waals surface area contributed by atoms with E-state index in [4.69, 9.17) is 27.9 Å². The zero-order chi connectivity index (χ0) is 10.8. The van der Waals surface area contributed by atoms with Crippen molar-refractivity contribution in [3.05, 3.63) is 0 Å². The lowest BCUT2D eigenvalue weighted by Crippen LogP contribution is -2.27. The Morgan fingerprint density at radius 2 is 2.07 bits per heavy atom. The molecule has 1 atom stereocenters. The van der Waals surface area contributed by atoms with Gasteiger partial charge in [0, 0.05) is 6.42 Å². The largest absolute Gasteiger partial charge is 0.457 e. The van der Waals surface area contributed by atoms with Crippen LogP contribution in [0.15, 0.2) is 0 Å². The van der Waals surface area contributed by atoms with Crippen molar-refractivity contribution in [1.29, 1.82) is 0 Å². The minimum Gasteiger partial charge on any atom is -0.457 e. The van der Waals surface area contributed by atoms with Crippen molar-refractivity contribution in [1.82, 2.24) is 0 Å². The van der Waals surface area contributed by atoms with Crippen LogP contribution >= 0.6 is 23.2 Å². The third kappa shape index (κ3) is 2.34. The number of hydrogen-bond donors (Lipinski definition) is 0. The number of halogens is 2. The van der Waals surface area contributed by atoms with Gasteiger partial charge in [-0.25, -0.2) is 4.79 Å². The molecule has 82 valence electrons. The van der Waals surface area contributed by atoms with Crippen LogP contribution in [0.5, 0.6) is 0 Å². The molecule has 0 N–H and O–H groups in total. The van der Waals surface area contributed by atoms with Crippen LogP contribution < -0.4 is 0 Å². The predicted octanol–water partition coefficient (Wildman–Crippen LogP) is 3.45. The molecule has 0 saturated carbocycles. The van der Waals surface area contributed by atoms with E-state index < -0.39 is 15.9 Å². The smallest absolute Gasteiger partial charge is 0.343 e. The van der Waals surface area contributed by atoms with E-state index in [0.717, 1.165) is 25.7 Å². The van der Waals surface area contributed by atoms with Gasteiger partial charge in [0.05, 0.1) is 0 Å². The van der Waals surface area contributed by atoms with E-state index in [1.165, 1.54) is 0 Å². The Balaban J connectivity index is 2.69. The monoisotopic (exact) mass is 238 g/mol. The van der Waals surface area contributed by atoms with E-state index in [1.807, 2.05) is 6.92 Å². The van der Waals surface area contributed by atoms with Crippen LogP contribution in [0.4, 0.5) is 0 Å². The van der Waals surface area contributed by atoms with Gasteiger partial charge in [0.2, 0.25) is 4.33 Å². The first kappa shape index (κ1) is 12.1. The molecule has 0 aromatic heterocycles. The standard InChI is InChI=1S/C10H16Cl2O2/c1-3-5-6-9(4-2)7-10(11,12)8(13)14-9/h3-7H2,1-2H3. The number of cyclic esters (lactones) is 1. The Morgan fingerprint density at radius 3 is 2.43 bits per heavy atom. The number of unbranched alkanes of at least 4 members (excludes halogenated alkanes) is 1. The lowest BCUT2D eigenvalue weighted by molar-refractivity contribution is -0.149. The molecular formula is C10H16Cl2O2. The summed E-state index contributed by atoms with van der Waals surface area (Å²) in [5.74, 6) is -0.487. The van der Waals surface area contributed by atoms with E-state index >= 15 is 0 Å². The molecule has 0 bridgehead atoms. The Hall–Kier alpha value is 0.0500. The van der Waals surface area contributed by atoms with Crippen LogP contribution in [0.2, 0.25) is 0 Å². The topological polar surface area (TPSA) is 26.3 Å². The zero-order valence-corrected chi connectivity index (χ0v) is 10.1. The lowest BCUT2D eigenvalue weighted by Gasteiger charge is -2.25. The molecule has 0 amide bonds. The van der Waals surface area contributed by atoms with Crippen LogP contribution in [0, 0.1) is 0 Å². The predicted molar refractivity (Wildman–Crippen MR) is 57.7 cm³/mol. The van der Waals surface area contributed by atoms with Crippen LogP contribution in [0.25, 0.3) is 0 Å². The molecule has 1 unspecified atom stereocenters. The number of rotatable bonds is 4. The number of ether oxygens (including phenoxy) is 1. The number of carbonyl (C=O) groups is 1. The third-order valence-corrected chi connectivity index (χ3v) is 3.36.